The van der Waals surface area contributed by atoms with E-state index in [1.165, 1.54) is 13.0 Å². The zero-order chi connectivity index (χ0) is 16.8. The molecule has 1 aromatic carbocycles. The molecular weight excluding hydrogens is 311 g/mol. The number of carbonyl (C=O) groups is 2. The van der Waals surface area contributed by atoms with Crippen LogP contribution in [0, 0.1) is 0 Å². The Labute approximate surface area is 131 Å². The highest BCUT2D eigenvalue weighted by Crippen LogP contribution is 2.41. The van der Waals surface area contributed by atoms with E-state index in [0.717, 1.165) is 12.1 Å². The predicted octanol–water partition coefficient (Wildman–Crippen LogP) is 3.05. The molecule has 2 aliphatic rings. The molecule has 0 aromatic heterocycles. The fourth-order valence-electron chi connectivity index (χ4n) is 3.18. The molecule has 0 unspecified atom stereocenters. The van der Waals surface area contributed by atoms with Crippen molar-refractivity contribution >= 4 is 11.7 Å². The highest BCUT2D eigenvalue weighted by atomic mass is 19.4. The number of fused-ring (bicyclic) bond motifs is 1. The van der Waals surface area contributed by atoms with Crippen LogP contribution in [0.1, 0.15) is 42.1 Å². The molecule has 0 N–H and O–H groups in total. The van der Waals surface area contributed by atoms with E-state index in [2.05, 4.69) is 0 Å². The number of alkyl halides is 3. The Morgan fingerprint density at radius 3 is 2.48 bits per heavy atom. The summed E-state index contributed by atoms with van der Waals surface area (Å²) in [6.45, 7) is 2.35. The van der Waals surface area contributed by atoms with Crippen molar-refractivity contribution < 1.29 is 27.5 Å². The van der Waals surface area contributed by atoms with E-state index in [-0.39, 0.29) is 29.4 Å². The molecule has 2 heterocycles. The van der Waals surface area contributed by atoms with Gasteiger partial charge in [0, 0.05) is 32.9 Å². The molecule has 0 saturated carbocycles. The number of ketones is 1. The second-order valence-corrected chi connectivity index (χ2v) is 6.10. The molecule has 7 heteroatoms. The maximum Gasteiger partial charge on any atom is 0.416 e. The Bertz CT molecular complexity index is 661. The van der Waals surface area contributed by atoms with Crippen LogP contribution >= 0.6 is 0 Å². The Kier molecular flexibility index (Phi) is 3.61. The lowest BCUT2D eigenvalue weighted by molar-refractivity contribution is -0.138. The van der Waals surface area contributed by atoms with Crippen molar-refractivity contribution in [1.29, 1.82) is 0 Å². The van der Waals surface area contributed by atoms with Gasteiger partial charge in [0.15, 0.2) is 5.78 Å². The zero-order valence-corrected chi connectivity index (χ0v) is 12.6. The van der Waals surface area contributed by atoms with Crippen LogP contribution in [0.25, 0.3) is 0 Å². The summed E-state index contributed by atoms with van der Waals surface area (Å²) in [6, 6.07) is 2.97. The van der Waals surface area contributed by atoms with Gasteiger partial charge in [-0.15, -0.1) is 0 Å². The minimum absolute atomic E-state index is 0.00708. The second kappa shape index (κ2) is 5.25. The van der Waals surface area contributed by atoms with Gasteiger partial charge in [0.1, 0.15) is 11.4 Å². The van der Waals surface area contributed by atoms with Crippen LogP contribution in [0.2, 0.25) is 0 Å². The van der Waals surface area contributed by atoms with Crippen molar-refractivity contribution in [2.75, 3.05) is 13.1 Å². The van der Waals surface area contributed by atoms with Gasteiger partial charge in [-0.1, -0.05) is 0 Å². The summed E-state index contributed by atoms with van der Waals surface area (Å²) >= 11 is 0. The first-order valence-corrected chi connectivity index (χ1v) is 7.39. The van der Waals surface area contributed by atoms with Crippen molar-refractivity contribution in [3.8, 4) is 5.75 Å². The van der Waals surface area contributed by atoms with Crippen LogP contribution < -0.4 is 4.74 Å². The number of likely N-dealkylation sites (tertiary alicyclic amines) is 1. The lowest BCUT2D eigenvalue weighted by atomic mass is 9.82. The van der Waals surface area contributed by atoms with Crippen molar-refractivity contribution in [2.24, 2.45) is 0 Å². The number of piperidine rings is 1. The molecule has 0 bridgehead atoms. The fraction of sp³-hybridized carbons (Fsp3) is 0.500. The highest BCUT2D eigenvalue weighted by molar-refractivity contribution is 6.00. The standard InChI is InChI=1S/C16H16F3NO3/c1-10(21)20-6-4-15(5-7-20)9-13(22)12-3-2-11(16(17,18)19)8-14(12)23-15/h2-3,8H,4-7,9H2,1H3. The highest BCUT2D eigenvalue weighted by Gasteiger charge is 2.44. The van der Waals surface area contributed by atoms with Crippen LogP contribution in [-0.2, 0) is 11.0 Å². The average Bonchev–Trinajstić information content (AvgIpc) is 2.46. The molecule has 2 aliphatic heterocycles. The SMILES string of the molecule is CC(=O)N1CCC2(CC1)CC(=O)c1ccc(C(F)(F)F)cc1O2. The van der Waals surface area contributed by atoms with Gasteiger partial charge in [-0.05, 0) is 18.2 Å². The number of hydrogen-bond acceptors (Lipinski definition) is 3. The number of nitrogens with zero attached hydrogens (tertiary/aromatic N) is 1. The van der Waals surface area contributed by atoms with E-state index in [0.29, 0.717) is 25.9 Å². The number of ether oxygens (including phenoxy) is 1. The maximum absolute atomic E-state index is 12.8. The number of Topliss-reactive ketones (excluding diaryl/α,β-unsaturated/α-hetero) is 1. The third-order valence-electron chi connectivity index (χ3n) is 4.54. The predicted molar refractivity (Wildman–Crippen MR) is 75.2 cm³/mol. The van der Waals surface area contributed by atoms with E-state index >= 15 is 0 Å². The normalized spacial score (nSPS) is 20.2. The first kappa shape index (κ1) is 15.8. The molecule has 124 valence electrons. The Balaban J connectivity index is 1.88. The number of hydrogen-bond donors (Lipinski definition) is 0. The molecule has 1 saturated heterocycles. The fourth-order valence-corrected chi connectivity index (χ4v) is 3.18. The minimum Gasteiger partial charge on any atom is -0.486 e. The van der Waals surface area contributed by atoms with Gasteiger partial charge >= 0.3 is 6.18 Å². The van der Waals surface area contributed by atoms with Gasteiger partial charge in [0.05, 0.1) is 17.5 Å². The second-order valence-electron chi connectivity index (χ2n) is 6.10. The van der Waals surface area contributed by atoms with Crippen molar-refractivity contribution in [1.82, 2.24) is 4.90 Å². The molecule has 0 radical (unpaired) electrons. The minimum atomic E-state index is -4.48. The van der Waals surface area contributed by atoms with E-state index in [9.17, 15) is 22.8 Å². The number of rotatable bonds is 0. The molecule has 0 atom stereocenters. The van der Waals surface area contributed by atoms with Crippen LogP contribution in [0.15, 0.2) is 18.2 Å². The van der Waals surface area contributed by atoms with Crippen LogP contribution in [0.3, 0.4) is 0 Å². The lowest BCUT2D eigenvalue weighted by Gasteiger charge is -2.43. The van der Waals surface area contributed by atoms with Gasteiger partial charge < -0.3 is 9.64 Å². The van der Waals surface area contributed by atoms with Crippen LogP contribution in [0.5, 0.6) is 5.75 Å². The Morgan fingerprint density at radius 2 is 1.91 bits per heavy atom. The quantitative estimate of drug-likeness (QED) is 0.736. The summed E-state index contributed by atoms with van der Waals surface area (Å²) in [7, 11) is 0. The molecule has 3 rings (SSSR count). The van der Waals surface area contributed by atoms with Gasteiger partial charge in [0.2, 0.25) is 5.91 Å². The third kappa shape index (κ3) is 2.92. The molecule has 1 spiro atoms. The maximum atomic E-state index is 12.8. The van der Waals surface area contributed by atoms with Gasteiger partial charge in [0.25, 0.3) is 0 Å². The zero-order valence-electron chi connectivity index (χ0n) is 12.6. The van der Waals surface area contributed by atoms with E-state index in [1.807, 2.05) is 0 Å². The summed E-state index contributed by atoms with van der Waals surface area (Å²) in [6.07, 6.45) is -3.47. The molecule has 23 heavy (non-hydrogen) atoms. The molecule has 0 aliphatic carbocycles. The van der Waals surface area contributed by atoms with E-state index < -0.39 is 17.3 Å². The summed E-state index contributed by atoms with van der Waals surface area (Å²) in [4.78, 5) is 25.3. The Morgan fingerprint density at radius 1 is 1.26 bits per heavy atom. The number of halogens is 3. The summed E-state index contributed by atoms with van der Waals surface area (Å²) in [5.41, 5.74) is -1.44. The van der Waals surface area contributed by atoms with Gasteiger partial charge in [-0.3, -0.25) is 9.59 Å². The van der Waals surface area contributed by atoms with Crippen molar-refractivity contribution in [3.05, 3.63) is 29.3 Å². The number of amides is 1. The van der Waals surface area contributed by atoms with Gasteiger partial charge in [-0.2, -0.15) is 13.2 Å². The lowest BCUT2D eigenvalue weighted by Crippen LogP contribution is -2.51. The average molecular weight is 327 g/mol. The Hall–Kier alpha value is -2.05. The summed E-state index contributed by atoms with van der Waals surface area (Å²) in [5.74, 6) is -0.273. The van der Waals surface area contributed by atoms with E-state index in [4.69, 9.17) is 4.74 Å². The smallest absolute Gasteiger partial charge is 0.416 e. The molecule has 1 aromatic rings. The summed E-state index contributed by atoms with van der Waals surface area (Å²) in [5, 5.41) is 0. The molecular formula is C16H16F3NO3. The first-order valence-electron chi connectivity index (χ1n) is 7.39. The molecule has 4 nitrogen and oxygen atoms in total. The molecule has 1 amide bonds. The van der Waals surface area contributed by atoms with Crippen molar-refractivity contribution in [2.45, 2.75) is 38.0 Å². The summed E-state index contributed by atoms with van der Waals surface area (Å²) < 4.78 is 44.4. The first-order chi connectivity index (χ1) is 10.7. The van der Waals surface area contributed by atoms with Crippen molar-refractivity contribution in [3.63, 3.8) is 0 Å². The third-order valence-corrected chi connectivity index (χ3v) is 4.54. The number of benzene rings is 1. The largest absolute Gasteiger partial charge is 0.486 e. The molecule has 1 fully saturated rings. The van der Waals surface area contributed by atoms with E-state index in [1.54, 1.807) is 4.90 Å². The van der Waals surface area contributed by atoms with Crippen LogP contribution in [-0.4, -0.2) is 35.3 Å². The monoisotopic (exact) mass is 327 g/mol. The number of carbonyl (C=O) groups excluding carboxylic acids is 2. The topological polar surface area (TPSA) is 46.6 Å². The van der Waals surface area contributed by atoms with Crippen LogP contribution in [0.4, 0.5) is 13.2 Å². The van der Waals surface area contributed by atoms with Gasteiger partial charge in [-0.25, -0.2) is 0 Å².